The molecule has 0 aromatic carbocycles. The van der Waals surface area contributed by atoms with Gasteiger partial charge in [-0.25, -0.2) is 0 Å². The Morgan fingerprint density at radius 3 is 0.700 bits per heavy atom. The third-order valence-electron chi connectivity index (χ3n) is 0. The Morgan fingerprint density at radius 2 is 0.700 bits per heavy atom. The monoisotopic (exact) mass is 390 g/mol. The van der Waals surface area contributed by atoms with Crippen LogP contribution in [-0.2, 0) is 21.9 Å². The van der Waals surface area contributed by atoms with Crippen LogP contribution in [0.3, 0.4) is 0 Å². The first-order chi connectivity index (χ1) is 2.00. The van der Waals surface area contributed by atoms with Crippen LogP contribution in [0.1, 0.15) is 0 Å². The number of hydrogen-bond acceptors (Lipinski definition) is 4. The Hall–Kier alpha value is 0.692. The van der Waals surface area contributed by atoms with E-state index in [1.54, 1.807) is 0 Å². The molecule has 10 heteroatoms. The van der Waals surface area contributed by atoms with E-state index in [1.807, 2.05) is 0 Å². The number of rotatable bonds is 0. The second-order valence-corrected chi connectivity index (χ2v) is 0. The fraction of sp³-hybridized carbons (Fsp3) is 0. The molecule has 0 aliphatic rings. The van der Waals surface area contributed by atoms with E-state index in [2.05, 4.69) is 11.8 Å². The Bertz CT molecular complexity index is 11.6. The third-order valence-corrected chi connectivity index (χ3v) is 0. The first-order valence-electron chi connectivity index (χ1n) is 0.471. The standard InChI is InChI=1S/2H2NO.3H2O.2O.U/c2*1-2;;;;;;/h2*1H2;3*1H2;;;/q2*-1;;;;2*-2;/p+2. The molecule has 0 fully saturated rings. The molecule has 0 radical (unpaired) electrons. The van der Waals surface area contributed by atoms with E-state index in [9.17, 15) is 0 Å². The Balaban J connectivity index is -0.000000000833. The minimum Gasteiger partial charge on any atom is -2.00 e. The second-order valence-electron chi connectivity index (χ2n) is 0. The topological polar surface area (TPSA) is 253 Å². The van der Waals surface area contributed by atoms with Gasteiger partial charge < -0.3 is 49.6 Å². The molecule has 0 bridgehead atoms. The summed E-state index contributed by atoms with van der Waals surface area (Å²) >= 11 is 0. The van der Waals surface area contributed by atoms with Gasteiger partial charge in [-0.05, 0) is 0 Å². The molecule has 0 unspecified atom stereocenters. The van der Waals surface area contributed by atoms with Crippen molar-refractivity contribution in [3.63, 3.8) is 0 Å². The van der Waals surface area contributed by atoms with Crippen molar-refractivity contribution < 1.29 is 58.5 Å². The van der Waals surface area contributed by atoms with Crippen LogP contribution in [0, 0.1) is 41.5 Å². The summed E-state index contributed by atoms with van der Waals surface area (Å²) < 4.78 is 0. The molecule has 0 aliphatic carbocycles. The summed E-state index contributed by atoms with van der Waals surface area (Å²) in [6.07, 6.45) is 0. The smallest absolute Gasteiger partial charge is 0 e. The predicted molar refractivity (Wildman–Crippen MR) is 29.8 cm³/mol. The maximum Gasteiger partial charge on any atom is 0 e. The Labute approximate surface area is 80.8 Å². The molecule has 0 spiro atoms. The molecule has 0 saturated carbocycles. The molecule has 0 atom stereocenters. The molecule has 12 N–H and O–H groups in total. The Morgan fingerprint density at radius 1 is 0.700 bits per heavy atom. The van der Waals surface area contributed by atoms with E-state index in [0.717, 1.165) is 0 Å². The maximum atomic E-state index is 7.75. The molecule has 72 valence electrons. The van der Waals surface area contributed by atoms with Crippen LogP contribution in [0.2, 0.25) is 0 Å². The summed E-state index contributed by atoms with van der Waals surface area (Å²) in [4.78, 5) is 0. The second kappa shape index (κ2) is 1530. The van der Waals surface area contributed by atoms with Crippen molar-refractivity contribution in [3.8, 4) is 0 Å². The van der Waals surface area contributed by atoms with E-state index in [-0.39, 0.29) is 58.5 Å². The predicted octanol–water partition coefficient (Wildman–Crippen LogP) is -4.02. The van der Waals surface area contributed by atoms with Crippen molar-refractivity contribution >= 4 is 0 Å². The van der Waals surface area contributed by atoms with E-state index < -0.39 is 0 Å². The summed E-state index contributed by atoms with van der Waals surface area (Å²) in [6.45, 7) is 0. The number of nitrogens with two attached hydrogens (primary N) is 2. The van der Waals surface area contributed by atoms with Crippen LogP contribution in [0.15, 0.2) is 0 Å². The molecule has 0 aromatic heterocycles. The molecular formula is H12N2O7U-4. The average Bonchev–Trinajstić information content (AvgIpc) is 1.50. The molecule has 0 aromatic rings. The van der Waals surface area contributed by atoms with Crippen LogP contribution in [0.25, 0.3) is 0 Å². The molecule has 0 amide bonds. The van der Waals surface area contributed by atoms with Gasteiger partial charge in [-0.3, -0.25) is 0 Å². The van der Waals surface area contributed by atoms with Crippen LogP contribution in [0.5, 0.6) is 0 Å². The summed E-state index contributed by atoms with van der Waals surface area (Å²) in [7, 11) is 0. The normalized spacial score (nSPS) is 1.20. The fourth-order valence-electron chi connectivity index (χ4n) is 0. The van der Waals surface area contributed by atoms with Gasteiger partial charge in [0.05, 0.1) is 0 Å². The van der Waals surface area contributed by atoms with Gasteiger partial charge in [0.25, 0.3) is 0 Å². The third kappa shape index (κ3) is 1070. The van der Waals surface area contributed by atoms with E-state index in [0.29, 0.717) is 0 Å². The zero-order chi connectivity index (χ0) is 4.00. The van der Waals surface area contributed by atoms with E-state index >= 15 is 0 Å². The summed E-state index contributed by atoms with van der Waals surface area (Å²) in [5, 5.41) is 15.5. The van der Waals surface area contributed by atoms with Crippen LogP contribution in [-0.4, -0.2) is 5.48 Å². The maximum absolute atomic E-state index is 7.75. The van der Waals surface area contributed by atoms with Crippen molar-refractivity contribution in [3.05, 3.63) is 10.4 Å². The van der Waals surface area contributed by atoms with E-state index in [4.69, 9.17) is 10.4 Å². The zero-order valence-electron chi connectivity index (χ0n) is 4.94. The Kier molecular flexibility index (Phi) is 21200. The van der Waals surface area contributed by atoms with Crippen molar-refractivity contribution in [2.24, 2.45) is 11.8 Å². The summed E-state index contributed by atoms with van der Waals surface area (Å²) in [5.41, 5.74) is 0. The fourth-order valence-corrected chi connectivity index (χ4v) is 0. The number of hydrogen-bond donors (Lipinski definition) is 2. The van der Waals surface area contributed by atoms with Crippen molar-refractivity contribution in [1.29, 1.82) is 0 Å². The van der Waals surface area contributed by atoms with Gasteiger partial charge in [0.15, 0.2) is 0 Å². The van der Waals surface area contributed by atoms with Gasteiger partial charge in [-0.15, -0.1) is 0 Å². The van der Waals surface area contributed by atoms with Gasteiger partial charge in [0.1, 0.15) is 0 Å². The molecule has 0 rings (SSSR count). The van der Waals surface area contributed by atoms with Crippen LogP contribution < -0.4 is 11.8 Å². The molecule has 9 nitrogen and oxygen atoms in total. The van der Waals surface area contributed by atoms with Crippen molar-refractivity contribution in [2.75, 3.05) is 0 Å². The SMILES string of the molecule is N[O-].N[O-].O.[O-2].[O-2].[OH3+].[OH3+].[U]. The molecular weight excluding hydrogens is 378 g/mol. The van der Waals surface area contributed by atoms with Crippen molar-refractivity contribution in [2.45, 2.75) is 0 Å². The van der Waals surface area contributed by atoms with E-state index in [1.165, 1.54) is 0 Å². The quantitative estimate of drug-likeness (QED) is 0.309. The first-order valence-corrected chi connectivity index (χ1v) is 0.471. The summed E-state index contributed by atoms with van der Waals surface area (Å²) in [5.74, 6) is 6.50. The minimum atomic E-state index is 0. The van der Waals surface area contributed by atoms with Crippen molar-refractivity contribution in [1.82, 2.24) is 0 Å². The van der Waals surface area contributed by atoms with Gasteiger partial charge in [0, 0.05) is 31.1 Å². The van der Waals surface area contributed by atoms with Gasteiger partial charge in [-0.2, -0.15) is 0 Å². The average molecular weight is 390 g/mol. The molecule has 0 aliphatic heterocycles. The molecule has 10 heavy (non-hydrogen) atoms. The summed E-state index contributed by atoms with van der Waals surface area (Å²) in [6, 6.07) is 0. The van der Waals surface area contributed by atoms with Crippen LogP contribution >= 0.6 is 0 Å². The zero-order valence-corrected chi connectivity index (χ0v) is 9.11. The molecule has 0 saturated heterocycles. The van der Waals surface area contributed by atoms with Crippen LogP contribution in [0.4, 0.5) is 0 Å². The van der Waals surface area contributed by atoms with Gasteiger partial charge in [0.2, 0.25) is 0 Å². The van der Waals surface area contributed by atoms with Gasteiger partial charge >= 0.3 is 0 Å². The van der Waals surface area contributed by atoms with Gasteiger partial charge in [-0.1, -0.05) is 0 Å². The molecule has 0 heterocycles. The first kappa shape index (κ1) is 139. The largest absolute Gasteiger partial charge is 2.00 e. The minimum absolute atomic E-state index is 0.